The summed E-state index contributed by atoms with van der Waals surface area (Å²) in [6.45, 7) is 16.8. The van der Waals surface area contributed by atoms with Gasteiger partial charge in [-0.25, -0.2) is 4.79 Å². The molecule has 0 amide bonds. The monoisotopic (exact) mass is 368 g/mol. The predicted octanol–water partition coefficient (Wildman–Crippen LogP) is 3.82. The van der Waals surface area contributed by atoms with Crippen LogP contribution in [-0.2, 0) is 9.96 Å². The van der Waals surface area contributed by atoms with Crippen LogP contribution < -0.4 is 11.2 Å². The van der Waals surface area contributed by atoms with Crippen molar-refractivity contribution in [3.8, 4) is 0 Å². The summed E-state index contributed by atoms with van der Waals surface area (Å²) in [5.41, 5.74) is -0.441. The van der Waals surface area contributed by atoms with Gasteiger partial charge in [-0.1, -0.05) is 20.8 Å². The van der Waals surface area contributed by atoms with Gasteiger partial charge in [0.05, 0.1) is 17.5 Å². The third-order valence-electron chi connectivity index (χ3n) is 5.01. The van der Waals surface area contributed by atoms with E-state index in [1.807, 2.05) is 26.2 Å². The lowest BCUT2D eigenvalue weighted by molar-refractivity contribution is 0.162. The lowest BCUT2D eigenvalue weighted by Gasteiger charge is -2.39. The second-order valence-corrected chi connectivity index (χ2v) is 14.2. The van der Waals surface area contributed by atoms with E-state index in [4.69, 9.17) is 4.43 Å². The van der Waals surface area contributed by atoms with Gasteiger partial charge in [0.15, 0.2) is 8.32 Å². The number of fused-ring (bicyclic) bond motifs is 1. The zero-order valence-corrected chi connectivity index (χ0v) is 17.7. The fraction of sp³-hybridized carbons (Fsp3) is 0.647. The van der Waals surface area contributed by atoms with Gasteiger partial charge < -0.3 is 4.43 Å². The Hall–Kier alpha value is -1.18. The van der Waals surface area contributed by atoms with Crippen LogP contribution in [0.15, 0.2) is 15.0 Å². The van der Waals surface area contributed by atoms with Gasteiger partial charge in [-0.15, -0.1) is 11.3 Å². The summed E-state index contributed by atoms with van der Waals surface area (Å²) in [7, 11) is -1.96. The number of nitrogens with zero attached hydrogens (tertiary/aromatic N) is 1. The molecular formula is C17H28N2O3SSi. The second kappa shape index (κ2) is 5.96. The Morgan fingerprint density at radius 2 is 1.79 bits per heavy atom. The van der Waals surface area contributed by atoms with Crippen LogP contribution in [0.5, 0.6) is 0 Å². The van der Waals surface area contributed by atoms with E-state index in [2.05, 4.69) is 38.8 Å². The molecule has 7 heteroatoms. The number of rotatable bonds is 4. The van der Waals surface area contributed by atoms with E-state index >= 15 is 0 Å². The highest BCUT2D eigenvalue weighted by Crippen LogP contribution is 2.37. The maximum Gasteiger partial charge on any atom is 0.330 e. The van der Waals surface area contributed by atoms with E-state index in [1.54, 1.807) is 0 Å². The van der Waals surface area contributed by atoms with Crippen LogP contribution in [0.25, 0.3) is 10.2 Å². The molecule has 0 aliphatic heterocycles. The van der Waals surface area contributed by atoms with Crippen LogP contribution in [0.3, 0.4) is 0 Å². The molecule has 0 unspecified atom stereocenters. The van der Waals surface area contributed by atoms with Gasteiger partial charge in [-0.3, -0.25) is 14.3 Å². The normalized spacial score (nSPS) is 13.7. The molecule has 0 fully saturated rings. The van der Waals surface area contributed by atoms with Crippen molar-refractivity contribution in [2.45, 2.75) is 65.2 Å². The van der Waals surface area contributed by atoms with E-state index in [0.717, 1.165) is 5.56 Å². The Morgan fingerprint density at radius 3 is 2.33 bits per heavy atom. The maximum absolute atomic E-state index is 12.9. The number of aromatic amines is 1. The van der Waals surface area contributed by atoms with Crippen LogP contribution >= 0.6 is 11.3 Å². The predicted molar refractivity (Wildman–Crippen MR) is 104 cm³/mol. The average molecular weight is 369 g/mol. The number of hydrogen-bond donors (Lipinski definition) is 1. The first-order valence-corrected chi connectivity index (χ1v) is 11.9. The van der Waals surface area contributed by atoms with Gasteiger partial charge in [0.2, 0.25) is 0 Å². The molecule has 0 saturated carbocycles. The van der Waals surface area contributed by atoms with Gasteiger partial charge in [0.1, 0.15) is 4.83 Å². The van der Waals surface area contributed by atoms with Crippen molar-refractivity contribution in [2.75, 3.05) is 6.61 Å². The van der Waals surface area contributed by atoms with Crippen LogP contribution in [0.4, 0.5) is 0 Å². The van der Waals surface area contributed by atoms with Crippen LogP contribution in [-0.4, -0.2) is 24.5 Å². The van der Waals surface area contributed by atoms with Gasteiger partial charge in [0.25, 0.3) is 5.56 Å². The lowest BCUT2D eigenvalue weighted by atomic mass is 10.1. The standard InChI is InChI=1S/C17H28N2O3SSi/c1-11-9-23-13-12(11)14(20)19(15(21)18-13)17(5,6)10-22-24(7,8)16(2,3)4/h9H,10H2,1-8H3,(H,18,21). The molecule has 0 radical (unpaired) electrons. The molecule has 2 heterocycles. The van der Waals surface area contributed by atoms with Crippen LogP contribution in [0.1, 0.15) is 40.2 Å². The number of hydrogen-bond acceptors (Lipinski definition) is 4. The molecule has 0 spiro atoms. The third kappa shape index (κ3) is 3.29. The number of aromatic nitrogens is 2. The quantitative estimate of drug-likeness (QED) is 0.835. The number of aryl methyl sites for hydroxylation is 1. The van der Waals surface area contributed by atoms with Gasteiger partial charge in [-0.05, 0) is 49.8 Å². The fourth-order valence-electron chi connectivity index (χ4n) is 2.35. The minimum Gasteiger partial charge on any atom is -0.414 e. The minimum absolute atomic E-state index is 0.0777. The lowest BCUT2D eigenvalue weighted by Crippen LogP contribution is -2.51. The molecule has 24 heavy (non-hydrogen) atoms. The summed E-state index contributed by atoms with van der Waals surface area (Å²) >= 11 is 1.39. The van der Waals surface area contributed by atoms with Crippen molar-refractivity contribution in [1.82, 2.24) is 9.55 Å². The smallest absolute Gasteiger partial charge is 0.330 e. The Labute approximate surface area is 147 Å². The Balaban J connectivity index is 2.47. The molecule has 0 aromatic carbocycles. The molecule has 2 rings (SSSR count). The van der Waals surface area contributed by atoms with E-state index < -0.39 is 13.9 Å². The van der Waals surface area contributed by atoms with Gasteiger partial charge in [0, 0.05) is 0 Å². The van der Waals surface area contributed by atoms with Gasteiger partial charge in [-0.2, -0.15) is 0 Å². The Kier molecular flexibility index (Phi) is 4.76. The Bertz CT molecular complexity index is 869. The molecule has 2 aromatic rings. The first kappa shape index (κ1) is 19.1. The Morgan fingerprint density at radius 1 is 1.21 bits per heavy atom. The van der Waals surface area contributed by atoms with E-state index in [9.17, 15) is 9.59 Å². The molecular weight excluding hydrogens is 340 g/mol. The largest absolute Gasteiger partial charge is 0.414 e. The third-order valence-corrected chi connectivity index (χ3v) is 10.5. The highest BCUT2D eigenvalue weighted by atomic mass is 32.1. The van der Waals surface area contributed by atoms with Crippen molar-refractivity contribution in [2.24, 2.45) is 0 Å². The summed E-state index contributed by atoms with van der Waals surface area (Å²) in [5.74, 6) is 0. The number of H-pyrrole nitrogens is 1. The highest BCUT2D eigenvalue weighted by Gasteiger charge is 2.39. The molecule has 0 atom stereocenters. The second-order valence-electron chi connectivity index (χ2n) is 8.55. The molecule has 1 N–H and O–H groups in total. The minimum atomic E-state index is -1.96. The zero-order chi connectivity index (χ0) is 18.5. The molecule has 0 aliphatic carbocycles. The van der Waals surface area contributed by atoms with E-state index in [-0.39, 0.29) is 16.3 Å². The average Bonchev–Trinajstić information content (AvgIpc) is 2.76. The fourth-order valence-corrected chi connectivity index (χ4v) is 4.42. The van der Waals surface area contributed by atoms with Crippen LogP contribution in [0.2, 0.25) is 18.1 Å². The number of thiophene rings is 1. The summed E-state index contributed by atoms with van der Waals surface area (Å²) in [6, 6.07) is 0. The molecule has 134 valence electrons. The molecule has 0 bridgehead atoms. The SMILES string of the molecule is Cc1csc2[nH]c(=O)n(C(C)(C)CO[Si](C)(C)C(C)(C)C)c(=O)c12. The molecule has 0 aliphatic rings. The first-order chi connectivity index (χ1) is 10.8. The van der Waals surface area contributed by atoms with Crippen molar-refractivity contribution in [3.63, 3.8) is 0 Å². The number of nitrogens with one attached hydrogen (secondary N) is 1. The molecule has 5 nitrogen and oxygen atoms in total. The van der Waals surface area contributed by atoms with Crippen LogP contribution in [0, 0.1) is 6.92 Å². The van der Waals surface area contributed by atoms with E-state index in [1.165, 1.54) is 15.9 Å². The summed E-state index contributed by atoms with van der Waals surface area (Å²) in [6.07, 6.45) is 0. The first-order valence-electron chi connectivity index (χ1n) is 8.15. The van der Waals surface area contributed by atoms with E-state index in [0.29, 0.717) is 16.8 Å². The van der Waals surface area contributed by atoms with Crippen molar-refractivity contribution in [1.29, 1.82) is 0 Å². The maximum atomic E-state index is 12.9. The van der Waals surface area contributed by atoms with Crippen molar-refractivity contribution >= 4 is 29.9 Å². The zero-order valence-electron chi connectivity index (χ0n) is 15.9. The summed E-state index contributed by atoms with van der Waals surface area (Å²) < 4.78 is 7.58. The highest BCUT2D eigenvalue weighted by molar-refractivity contribution is 7.16. The summed E-state index contributed by atoms with van der Waals surface area (Å²) in [4.78, 5) is 28.9. The molecule has 0 saturated heterocycles. The topological polar surface area (TPSA) is 64.1 Å². The van der Waals surface area contributed by atoms with Crippen molar-refractivity contribution < 1.29 is 4.43 Å². The summed E-state index contributed by atoms with van der Waals surface area (Å²) in [5, 5.41) is 2.57. The van der Waals surface area contributed by atoms with Gasteiger partial charge >= 0.3 is 5.69 Å². The van der Waals surface area contributed by atoms with Crippen molar-refractivity contribution in [3.05, 3.63) is 31.8 Å². The molecule has 2 aromatic heterocycles.